The number of anilines is 3. The molecule has 0 bridgehead atoms. The Morgan fingerprint density at radius 3 is 2.12 bits per heavy atom. The smallest absolute Gasteiger partial charge is 0.252 e. The van der Waals surface area contributed by atoms with E-state index in [2.05, 4.69) is 15.6 Å². The molecule has 0 saturated heterocycles. The molecule has 0 fully saturated rings. The van der Waals surface area contributed by atoms with Crippen molar-refractivity contribution in [2.45, 2.75) is 19.0 Å². The van der Waals surface area contributed by atoms with Crippen LogP contribution in [0, 0.1) is 11.6 Å². The molecule has 33 heavy (non-hydrogen) atoms. The van der Waals surface area contributed by atoms with Crippen LogP contribution in [0.1, 0.15) is 28.9 Å². The number of nitrogens with zero attached hydrogens (tertiary/aromatic N) is 1. The van der Waals surface area contributed by atoms with Gasteiger partial charge in [0.2, 0.25) is 0 Å². The molecule has 0 aliphatic rings. The molecule has 0 spiro atoms. The van der Waals surface area contributed by atoms with Crippen molar-refractivity contribution in [3.8, 4) is 11.5 Å². The Balaban J connectivity index is 2.01. The molecule has 0 aliphatic heterocycles. The maximum Gasteiger partial charge on any atom is 0.252 e. The largest absolute Gasteiger partial charge is 0.497 e. The fraction of sp³-hybridized carbons (Fsp3) is 0.217. The summed E-state index contributed by atoms with van der Waals surface area (Å²) < 4.78 is 38.7. The maximum atomic E-state index is 14.9. The van der Waals surface area contributed by atoms with Gasteiger partial charge in [-0.25, -0.2) is 13.8 Å². The summed E-state index contributed by atoms with van der Waals surface area (Å²) in [6, 6.07) is 10.6. The van der Waals surface area contributed by atoms with Gasteiger partial charge in [0.05, 0.1) is 25.8 Å². The van der Waals surface area contributed by atoms with Crippen LogP contribution in [0.15, 0.2) is 48.5 Å². The highest BCUT2D eigenvalue weighted by Crippen LogP contribution is 2.31. The Morgan fingerprint density at radius 2 is 1.61 bits per heavy atom. The number of methoxy groups -OCH3 is 2. The van der Waals surface area contributed by atoms with Crippen molar-refractivity contribution in [3.05, 3.63) is 71.3 Å². The van der Waals surface area contributed by atoms with Crippen LogP contribution in [0.2, 0.25) is 0 Å². The van der Waals surface area contributed by atoms with Crippen molar-refractivity contribution in [2.24, 2.45) is 11.5 Å². The maximum absolute atomic E-state index is 14.9. The molecule has 6 N–H and O–H groups in total. The zero-order valence-corrected chi connectivity index (χ0v) is 18.4. The normalized spacial score (nSPS) is 12.5. The van der Waals surface area contributed by atoms with Crippen molar-refractivity contribution in [1.29, 1.82) is 0 Å². The van der Waals surface area contributed by atoms with Crippen molar-refractivity contribution < 1.29 is 23.0 Å². The Labute approximate surface area is 189 Å². The van der Waals surface area contributed by atoms with Crippen molar-refractivity contribution >= 4 is 23.2 Å². The molecule has 3 rings (SSSR count). The number of hydrogen-bond donors (Lipinski definition) is 4. The second kappa shape index (κ2) is 10.1. The van der Waals surface area contributed by atoms with Gasteiger partial charge in [-0.15, -0.1) is 0 Å². The van der Waals surface area contributed by atoms with Crippen LogP contribution in [-0.2, 0) is 0 Å². The van der Waals surface area contributed by atoms with E-state index in [9.17, 15) is 13.6 Å². The number of carbonyl (C=O) groups excluding carboxylic acids is 1. The molecule has 8 nitrogen and oxygen atoms in total. The van der Waals surface area contributed by atoms with Crippen LogP contribution >= 0.6 is 0 Å². The van der Waals surface area contributed by atoms with E-state index in [4.69, 9.17) is 20.9 Å². The molecule has 2 atom stereocenters. The van der Waals surface area contributed by atoms with Gasteiger partial charge in [0.1, 0.15) is 23.1 Å². The van der Waals surface area contributed by atoms with Crippen LogP contribution in [0.4, 0.5) is 26.1 Å². The lowest BCUT2D eigenvalue weighted by atomic mass is 10.0. The molecule has 3 aromatic rings. The molecule has 1 aromatic heterocycles. The molecule has 0 aliphatic carbocycles. The van der Waals surface area contributed by atoms with E-state index < -0.39 is 29.6 Å². The summed E-state index contributed by atoms with van der Waals surface area (Å²) in [5.41, 5.74) is 12.5. The lowest BCUT2D eigenvalue weighted by molar-refractivity contribution is 0.100. The average Bonchev–Trinajstić information content (AvgIpc) is 2.79. The second-order valence-electron chi connectivity index (χ2n) is 7.34. The fourth-order valence-corrected chi connectivity index (χ4v) is 3.23. The van der Waals surface area contributed by atoms with Gasteiger partial charge in [-0.1, -0.05) is 12.1 Å². The summed E-state index contributed by atoms with van der Waals surface area (Å²) in [5, 5.41) is 5.91. The quantitative estimate of drug-likeness (QED) is 0.386. The molecule has 0 unspecified atom stereocenters. The summed E-state index contributed by atoms with van der Waals surface area (Å²) in [6.07, 6.45) is 0. The predicted molar refractivity (Wildman–Crippen MR) is 122 cm³/mol. The lowest BCUT2D eigenvalue weighted by Gasteiger charge is -2.24. The molecular weight excluding hydrogens is 432 g/mol. The summed E-state index contributed by atoms with van der Waals surface area (Å²) in [5.74, 6) is -1.24. The average molecular weight is 457 g/mol. The van der Waals surface area contributed by atoms with Gasteiger partial charge in [-0.05, 0) is 30.7 Å². The first-order valence-corrected chi connectivity index (χ1v) is 9.99. The number of amides is 1. The van der Waals surface area contributed by atoms with Crippen LogP contribution in [0.5, 0.6) is 11.5 Å². The number of benzene rings is 2. The molecule has 10 heteroatoms. The molecular formula is C23H25F2N5O3. The van der Waals surface area contributed by atoms with Gasteiger partial charge in [-0.3, -0.25) is 4.79 Å². The summed E-state index contributed by atoms with van der Waals surface area (Å²) >= 11 is 0. The third-order valence-electron chi connectivity index (χ3n) is 4.90. The highest BCUT2D eigenvalue weighted by Gasteiger charge is 2.22. The molecule has 1 heterocycles. The highest BCUT2D eigenvalue weighted by atomic mass is 19.1. The first-order valence-electron chi connectivity index (χ1n) is 9.99. The van der Waals surface area contributed by atoms with Crippen molar-refractivity contribution in [3.63, 3.8) is 0 Å². The first-order chi connectivity index (χ1) is 15.7. The van der Waals surface area contributed by atoms with Gasteiger partial charge in [0, 0.05) is 29.9 Å². The number of ether oxygens (including phenoxy) is 2. The first kappa shape index (κ1) is 23.7. The lowest BCUT2D eigenvalue weighted by Crippen LogP contribution is -2.31. The zero-order valence-electron chi connectivity index (χ0n) is 18.4. The number of pyridine rings is 1. The number of hydrogen-bond acceptors (Lipinski definition) is 7. The standard InChI is InChI=1S/C23H25F2N5O3/c1-12(26)20(13-4-6-14(24)7-5-13)29-23-19(25)11-18(21(27)31)22(30-23)28-15-8-16(32-2)10-17(9-15)33-3/h4-12,20H,26H2,1-3H3,(H2,27,31)(H2,28,29,30)/t12-,20-/m0/s1. The minimum absolute atomic E-state index is 0.0178. The Kier molecular flexibility index (Phi) is 7.29. The van der Waals surface area contributed by atoms with Gasteiger partial charge >= 0.3 is 0 Å². The zero-order chi connectivity index (χ0) is 24.1. The predicted octanol–water partition coefficient (Wildman–Crippen LogP) is 3.72. The van der Waals surface area contributed by atoms with Gasteiger partial charge in [0.15, 0.2) is 11.6 Å². The van der Waals surface area contributed by atoms with Crippen LogP contribution in [0.25, 0.3) is 0 Å². The topological polar surface area (TPSA) is 125 Å². The van der Waals surface area contributed by atoms with Gasteiger partial charge in [0.25, 0.3) is 5.91 Å². The Bertz CT molecular complexity index is 1120. The number of rotatable bonds is 9. The van der Waals surface area contributed by atoms with E-state index in [0.717, 1.165) is 6.07 Å². The third-order valence-corrected chi connectivity index (χ3v) is 4.90. The molecule has 2 aromatic carbocycles. The SMILES string of the molecule is COc1cc(Nc2nc(N[C@H](c3ccc(F)cc3)[C@H](C)N)c(F)cc2C(N)=O)cc(OC)c1. The summed E-state index contributed by atoms with van der Waals surface area (Å²) in [6.45, 7) is 1.72. The Hall–Kier alpha value is -3.92. The number of nitrogens with one attached hydrogen (secondary N) is 2. The molecule has 174 valence electrons. The van der Waals surface area contributed by atoms with E-state index in [1.165, 1.54) is 26.4 Å². The number of aromatic nitrogens is 1. The van der Waals surface area contributed by atoms with E-state index in [0.29, 0.717) is 22.7 Å². The minimum Gasteiger partial charge on any atom is -0.497 e. The van der Waals surface area contributed by atoms with E-state index in [1.54, 1.807) is 37.3 Å². The minimum atomic E-state index is -0.868. The molecule has 0 saturated carbocycles. The van der Waals surface area contributed by atoms with Crippen LogP contribution in [0.3, 0.4) is 0 Å². The van der Waals surface area contributed by atoms with Crippen molar-refractivity contribution in [1.82, 2.24) is 4.98 Å². The number of halogens is 2. The second-order valence-corrected chi connectivity index (χ2v) is 7.34. The summed E-state index contributed by atoms with van der Waals surface area (Å²) in [7, 11) is 2.99. The Morgan fingerprint density at radius 1 is 1.00 bits per heavy atom. The van der Waals surface area contributed by atoms with Crippen LogP contribution in [-0.4, -0.2) is 31.2 Å². The third kappa shape index (κ3) is 5.66. The van der Waals surface area contributed by atoms with Gasteiger partial charge in [-0.2, -0.15) is 0 Å². The molecule has 1 amide bonds. The number of primary amides is 1. The summed E-state index contributed by atoms with van der Waals surface area (Å²) in [4.78, 5) is 16.2. The number of nitrogens with two attached hydrogens (primary N) is 2. The van der Waals surface area contributed by atoms with Crippen LogP contribution < -0.4 is 31.6 Å². The number of carbonyl (C=O) groups is 1. The monoisotopic (exact) mass is 457 g/mol. The molecule has 0 radical (unpaired) electrons. The highest BCUT2D eigenvalue weighted by molar-refractivity contribution is 5.98. The van der Waals surface area contributed by atoms with E-state index in [-0.39, 0.29) is 17.2 Å². The van der Waals surface area contributed by atoms with E-state index in [1.807, 2.05) is 0 Å². The van der Waals surface area contributed by atoms with E-state index >= 15 is 0 Å². The van der Waals surface area contributed by atoms with Gasteiger partial charge < -0.3 is 31.6 Å². The van der Waals surface area contributed by atoms with Crippen molar-refractivity contribution in [2.75, 3.05) is 24.9 Å². The fourth-order valence-electron chi connectivity index (χ4n) is 3.23.